The van der Waals surface area contributed by atoms with Crippen molar-refractivity contribution in [2.75, 3.05) is 11.9 Å². The molecule has 0 saturated carbocycles. The van der Waals surface area contributed by atoms with E-state index in [1.165, 1.54) is 12.1 Å². The van der Waals surface area contributed by atoms with Crippen molar-refractivity contribution in [3.05, 3.63) is 93.2 Å². The number of nitrogens with one attached hydrogen (secondary N) is 1. The number of carbonyl (C=O) groups is 1. The Morgan fingerprint density at radius 1 is 1.19 bits per heavy atom. The average Bonchev–Trinajstić information content (AvgIpc) is 3.39. The first kappa shape index (κ1) is 20.6. The molecule has 0 bridgehead atoms. The number of amides is 1. The van der Waals surface area contributed by atoms with Crippen LogP contribution in [0.15, 0.2) is 76.2 Å². The Bertz CT molecular complexity index is 1150. The van der Waals surface area contributed by atoms with E-state index >= 15 is 0 Å². The topological polar surface area (TPSA) is 121 Å². The van der Waals surface area contributed by atoms with Gasteiger partial charge in [-0.05, 0) is 30.3 Å². The number of nitro groups is 1. The van der Waals surface area contributed by atoms with Crippen molar-refractivity contribution in [3.63, 3.8) is 0 Å². The largest absolute Gasteiger partial charge is 0.433 e. The lowest BCUT2D eigenvalue weighted by Gasteiger charge is -2.31. The number of anilines is 1. The molecule has 158 valence electrons. The normalized spacial score (nSPS) is 18.0. The molecule has 0 fully saturated rings. The molecule has 31 heavy (non-hydrogen) atoms. The number of furan rings is 1. The maximum atomic E-state index is 13.0. The highest BCUT2D eigenvalue weighted by Crippen LogP contribution is 2.38. The molecule has 1 amide bonds. The van der Waals surface area contributed by atoms with Gasteiger partial charge < -0.3 is 14.8 Å². The molecule has 0 spiro atoms. The van der Waals surface area contributed by atoms with E-state index in [-0.39, 0.29) is 24.4 Å². The van der Waals surface area contributed by atoms with E-state index in [2.05, 4.69) is 10.4 Å². The van der Waals surface area contributed by atoms with Gasteiger partial charge >= 0.3 is 5.88 Å². The Kier molecular flexibility index (Phi) is 5.45. The Morgan fingerprint density at radius 3 is 2.55 bits per heavy atom. The summed E-state index contributed by atoms with van der Waals surface area (Å²) in [5.41, 5.74) is -0.476. The molecule has 9 nitrogen and oxygen atoms in total. The quantitative estimate of drug-likeness (QED) is 0.445. The lowest BCUT2D eigenvalue weighted by Crippen LogP contribution is -2.45. The number of hydrazone groups is 1. The maximum absolute atomic E-state index is 13.0. The van der Waals surface area contributed by atoms with Crippen molar-refractivity contribution in [3.8, 4) is 0 Å². The second-order valence-electron chi connectivity index (χ2n) is 6.87. The highest BCUT2D eigenvalue weighted by molar-refractivity contribution is 6.30. The summed E-state index contributed by atoms with van der Waals surface area (Å²) in [6.45, 7) is -0.130. The fourth-order valence-electron chi connectivity index (χ4n) is 3.28. The summed E-state index contributed by atoms with van der Waals surface area (Å²) in [7, 11) is 0. The zero-order chi connectivity index (χ0) is 22.0. The van der Waals surface area contributed by atoms with Crippen molar-refractivity contribution in [1.29, 1.82) is 0 Å². The van der Waals surface area contributed by atoms with Gasteiger partial charge in [-0.15, -0.1) is 0 Å². The third kappa shape index (κ3) is 4.14. The van der Waals surface area contributed by atoms with Gasteiger partial charge in [0.1, 0.15) is 10.6 Å². The van der Waals surface area contributed by atoms with Crippen LogP contribution in [-0.2, 0) is 10.5 Å². The van der Waals surface area contributed by atoms with E-state index in [9.17, 15) is 20.0 Å². The standard InChI is InChI=1S/C21H17ClN4O5/c22-15-8-6-14(7-9-15)21(28)12-17(18-10-11-20(31-18)26(29)30)24-25(21)19(27)13-23-16-4-2-1-3-5-16/h1-11,23,28H,12-13H2. The summed E-state index contributed by atoms with van der Waals surface area (Å²) in [5.74, 6) is -0.856. The minimum atomic E-state index is -1.81. The van der Waals surface area contributed by atoms with Crippen molar-refractivity contribution >= 4 is 34.8 Å². The summed E-state index contributed by atoms with van der Waals surface area (Å²) in [6, 6.07) is 18.1. The Morgan fingerprint density at radius 2 is 1.90 bits per heavy atom. The van der Waals surface area contributed by atoms with Gasteiger partial charge in [-0.2, -0.15) is 10.1 Å². The van der Waals surface area contributed by atoms with Crippen molar-refractivity contribution in [2.45, 2.75) is 12.1 Å². The molecule has 2 aromatic carbocycles. The number of halogens is 1. The second kappa shape index (κ2) is 8.21. The van der Waals surface area contributed by atoms with Crippen LogP contribution in [0.3, 0.4) is 0 Å². The van der Waals surface area contributed by atoms with Gasteiger partial charge in [-0.25, -0.2) is 0 Å². The molecule has 4 rings (SSSR count). The predicted octanol–water partition coefficient (Wildman–Crippen LogP) is 3.74. The SMILES string of the molecule is O=C(CNc1ccccc1)N1N=C(c2ccc([N+](=O)[O-])o2)CC1(O)c1ccc(Cl)cc1. The third-order valence-electron chi connectivity index (χ3n) is 4.80. The van der Waals surface area contributed by atoms with Gasteiger partial charge in [0.2, 0.25) is 0 Å². The molecule has 0 saturated heterocycles. The van der Waals surface area contributed by atoms with E-state index in [0.29, 0.717) is 10.6 Å². The highest BCUT2D eigenvalue weighted by atomic mass is 35.5. The number of nitrogens with zero attached hydrogens (tertiary/aromatic N) is 3. The van der Waals surface area contributed by atoms with Crippen LogP contribution in [0.2, 0.25) is 5.02 Å². The molecular formula is C21H17ClN4O5. The molecule has 3 aromatic rings. The number of hydrogen-bond donors (Lipinski definition) is 2. The van der Waals surface area contributed by atoms with Crippen molar-refractivity contribution < 1.29 is 19.2 Å². The number of hydrogen-bond acceptors (Lipinski definition) is 7. The van der Waals surface area contributed by atoms with Gasteiger partial charge in [0.25, 0.3) is 5.91 Å². The number of rotatable bonds is 6. The van der Waals surface area contributed by atoms with Crippen LogP contribution in [0.4, 0.5) is 11.6 Å². The summed E-state index contributed by atoms with van der Waals surface area (Å²) in [6.07, 6.45) is -0.115. The zero-order valence-electron chi connectivity index (χ0n) is 16.1. The fourth-order valence-corrected chi connectivity index (χ4v) is 3.40. The van der Waals surface area contributed by atoms with Crippen LogP contribution in [0.5, 0.6) is 0 Å². The number of carbonyl (C=O) groups excluding carboxylic acids is 1. The van der Waals surface area contributed by atoms with Crippen LogP contribution < -0.4 is 5.32 Å². The van der Waals surface area contributed by atoms with Crippen molar-refractivity contribution in [2.24, 2.45) is 5.10 Å². The lowest BCUT2D eigenvalue weighted by molar-refractivity contribution is -0.402. The first-order chi connectivity index (χ1) is 14.9. The molecule has 1 unspecified atom stereocenters. The lowest BCUT2D eigenvalue weighted by atomic mass is 9.96. The van der Waals surface area contributed by atoms with Gasteiger partial charge in [-0.3, -0.25) is 14.9 Å². The van der Waals surface area contributed by atoms with E-state index in [1.807, 2.05) is 18.2 Å². The minimum absolute atomic E-state index is 0.102. The fraction of sp³-hybridized carbons (Fsp3) is 0.143. The zero-order valence-corrected chi connectivity index (χ0v) is 16.8. The number of para-hydroxylation sites is 1. The molecule has 1 atom stereocenters. The molecule has 2 N–H and O–H groups in total. The first-order valence-corrected chi connectivity index (χ1v) is 9.67. The van der Waals surface area contributed by atoms with E-state index in [1.54, 1.807) is 36.4 Å². The van der Waals surface area contributed by atoms with Gasteiger partial charge in [-0.1, -0.05) is 41.9 Å². The van der Waals surface area contributed by atoms with E-state index < -0.39 is 22.4 Å². The Balaban J connectivity index is 1.65. The average molecular weight is 441 g/mol. The summed E-state index contributed by atoms with van der Waals surface area (Å²) >= 11 is 5.96. The number of benzene rings is 2. The Labute approximate surface area is 181 Å². The molecule has 10 heteroatoms. The number of aliphatic hydroxyl groups is 1. The third-order valence-corrected chi connectivity index (χ3v) is 5.05. The second-order valence-corrected chi connectivity index (χ2v) is 7.30. The molecule has 1 aliphatic heterocycles. The molecule has 1 aromatic heterocycles. The van der Waals surface area contributed by atoms with Gasteiger partial charge in [0, 0.05) is 22.7 Å². The molecule has 1 aliphatic rings. The monoisotopic (exact) mass is 440 g/mol. The van der Waals surface area contributed by atoms with Gasteiger partial charge in [0.05, 0.1) is 12.6 Å². The predicted molar refractivity (Wildman–Crippen MR) is 114 cm³/mol. The Hall–Kier alpha value is -3.69. The van der Waals surface area contributed by atoms with E-state index in [0.717, 1.165) is 10.7 Å². The maximum Gasteiger partial charge on any atom is 0.433 e. The molecule has 0 aliphatic carbocycles. The van der Waals surface area contributed by atoms with Crippen LogP contribution >= 0.6 is 11.6 Å². The van der Waals surface area contributed by atoms with E-state index in [4.69, 9.17) is 16.0 Å². The van der Waals surface area contributed by atoms with Crippen LogP contribution in [0.25, 0.3) is 0 Å². The first-order valence-electron chi connectivity index (χ1n) is 9.29. The smallest absolute Gasteiger partial charge is 0.399 e. The van der Waals surface area contributed by atoms with Gasteiger partial charge in [0.15, 0.2) is 11.5 Å². The highest BCUT2D eigenvalue weighted by Gasteiger charge is 2.47. The summed E-state index contributed by atoms with van der Waals surface area (Å²) in [4.78, 5) is 23.3. The minimum Gasteiger partial charge on any atom is -0.399 e. The molecule has 0 radical (unpaired) electrons. The van der Waals surface area contributed by atoms with Crippen LogP contribution in [0, 0.1) is 10.1 Å². The van der Waals surface area contributed by atoms with Crippen LogP contribution in [0.1, 0.15) is 17.7 Å². The summed E-state index contributed by atoms with van der Waals surface area (Å²) in [5, 5.41) is 31.1. The summed E-state index contributed by atoms with van der Waals surface area (Å²) < 4.78 is 5.22. The van der Waals surface area contributed by atoms with Crippen LogP contribution in [-0.4, -0.2) is 33.2 Å². The molecule has 2 heterocycles. The molecular weight excluding hydrogens is 424 g/mol. The van der Waals surface area contributed by atoms with Crippen molar-refractivity contribution in [1.82, 2.24) is 5.01 Å².